The average Bonchev–Trinajstić information content (AvgIpc) is 2.86. The number of amides is 1. The number of benzene rings is 1. The topological polar surface area (TPSA) is 71.9 Å². The number of halogens is 1. The molecule has 0 aliphatic rings. The lowest BCUT2D eigenvalue weighted by atomic mass is 10.2. The Balaban J connectivity index is 2.03. The van der Waals surface area contributed by atoms with Crippen LogP contribution in [0.3, 0.4) is 0 Å². The van der Waals surface area contributed by atoms with Gasteiger partial charge in [0.25, 0.3) is 5.91 Å². The van der Waals surface area contributed by atoms with Gasteiger partial charge in [-0.1, -0.05) is 15.9 Å². The molecule has 130 valence electrons. The van der Waals surface area contributed by atoms with Gasteiger partial charge in [-0.3, -0.25) is 9.89 Å². The molecule has 0 saturated carbocycles. The summed E-state index contributed by atoms with van der Waals surface area (Å²) in [4.78, 5) is 12.4. The first-order valence-electron chi connectivity index (χ1n) is 7.80. The summed E-state index contributed by atoms with van der Waals surface area (Å²) < 4.78 is 9.10. The summed E-state index contributed by atoms with van der Waals surface area (Å²) in [5.41, 5.74) is 0.515. The van der Waals surface area contributed by atoms with E-state index in [1.54, 1.807) is 12.1 Å². The van der Waals surface area contributed by atoms with Crippen LogP contribution in [0.1, 0.15) is 37.0 Å². The number of ether oxygens (including phenoxy) is 1. The molecular formula is C16H21BrN4O2S. The van der Waals surface area contributed by atoms with E-state index in [9.17, 15) is 4.79 Å². The minimum absolute atomic E-state index is 0.0103. The van der Waals surface area contributed by atoms with Crippen LogP contribution in [0, 0.1) is 4.77 Å². The number of nitrogens with zero attached hydrogens (tertiary/aromatic N) is 2. The number of carbonyl (C=O) groups excluding carboxylic acids is 1. The lowest BCUT2D eigenvalue weighted by Crippen LogP contribution is -2.27. The minimum Gasteiger partial charge on any atom is -0.490 e. The summed E-state index contributed by atoms with van der Waals surface area (Å²) in [5, 5.41) is 9.87. The van der Waals surface area contributed by atoms with Gasteiger partial charge in [-0.2, -0.15) is 5.10 Å². The highest BCUT2D eigenvalue weighted by Gasteiger charge is 2.14. The molecule has 0 spiro atoms. The van der Waals surface area contributed by atoms with Gasteiger partial charge in [-0.15, -0.1) is 0 Å². The SMILES string of the molecule is CCn1c(CCNC(=O)c2ccc(Br)cc2OC(C)C)n[nH]c1=S. The summed E-state index contributed by atoms with van der Waals surface area (Å²) in [7, 11) is 0. The predicted octanol–water partition coefficient (Wildman–Crippen LogP) is 3.48. The van der Waals surface area contributed by atoms with Gasteiger partial charge in [-0.05, 0) is 51.2 Å². The minimum atomic E-state index is -0.171. The molecule has 1 aromatic carbocycles. The Morgan fingerprint density at radius 3 is 2.92 bits per heavy atom. The van der Waals surface area contributed by atoms with Gasteiger partial charge < -0.3 is 14.6 Å². The molecule has 2 N–H and O–H groups in total. The Bertz CT molecular complexity index is 770. The van der Waals surface area contributed by atoms with Gasteiger partial charge in [0.05, 0.1) is 11.7 Å². The Morgan fingerprint density at radius 2 is 2.25 bits per heavy atom. The molecule has 0 bridgehead atoms. The number of aromatic amines is 1. The van der Waals surface area contributed by atoms with E-state index in [-0.39, 0.29) is 12.0 Å². The van der Waals surface area contributed by atoms with Gasteiger partial charge in [0.2, 0.25) is 0 Å². The molecule has 2 aromatic rings. The third-order valence-electron chi connectivity index (χ3n) is 3.34. The molecule has 0 fully saturated rings. The molecule has 1 heterocycles. The van der Waals surface area contributed by atoms with Gasteiger partial charge in [-0.25, -0.2) is 0 Å². The highest BCUT2D eigenvalue weighted by molar-refractivity contribution is 9.10. The molecule has 2 rings (SSSR count). The van der Waals surface area contributed by atoms with Crippen LogP contribution >= 0.6 is 28.1 Å². The van der Waals surface area contributed by atoms with E-state index in [0.717, 1.165) is 16.8 Å². The second-order valence-corrected chi connectivity index (χ2v) is 6.80. The molecule has 1 amide bonds. The predicted molar refractivity (Wildman–Crippen MR) is 99.0 cm³/mol. The number of carbonyl (C=O) groups is 1. The number of H-pyrrole nitrogens is 1. The van der Waals surface area contributed by atoms with Crippen molar-refractivity contribution in [3.8, 4) is 5.75 Å². The zero-order valence-corrected chi connectivity index (χ0v) is 16.3. The van der Waals surface area contributed by atoms with Crippen LogP contribution in [0.2, 0.25) is 0 Å². The molecular weight excluding hydrogens is 392 g/mol. The largest absolute Gasteiger partial charge is 0.490 e. The van der Waals surface area contributed by atoms with E-state index in [4.69, 9.17) is 17.0 Å². The van der Waals surface area contributed by atoms with E-state index >= 15 is 0 Å². The fourth-order valence-corrected chi connectivity index (χ4v) is 2.91. The maximum Gasteiger partial charge on any atom is 0.255 e. The normalized spacial score (nSPS) is 10.9. The van der Waals surface area contributed by atoms with Gasteiger partial charge in [0.1, 0.15) is 11.6 Å². The van der Waals surface area contributed by atoms with Crippen molar-refractivity contribution < 1.29 is 9.53 Å². The number of hydrogen-bond acceptors (Lipinski definition) is 4. The standard InChI is InChI=1S/C16H21BrN4O2S/c1-4-21-14(19-20-16(21)24)7-8-18-15(22)12-6-5-11(17)9-13(12)23-10(2)3/h5-6,9-10H,4,7-8H2,1-3H3,(H,18,22)(H,20,24). The van der Waals surface area contributed by atoms with E-state index in [0.29, 0.717) is 29.0 Å². The number of hydrogen-bond donors (Lipinski definition) is 2. The third-order valence-corrected chi connectivity index (χ3v) is 4.14. The molecule has 0 atom stereocenters. The highest BCUT2D eigenvalue weighted by Crippen LogP contribution is 2.24. The van der Waals surface area contributed by atoms with E-state index in [1.165, 1.54) is 0 Å². The van der Waals surface area contributed by atoms with Crippen molar-refractivity contribution in [1.29, 1.82) is 0 Å². The molecule has 0 radical (unpaired) electrons. The van der Waals surface area contributed by atoms with Crippen molar-refractivity contribution in [1.82, 2.24) is 20.1 Å². The molecule has 0 aliphatic heterocycles. The first-order valence-corrected chi connectivity index (χ1v) is 9.01. The lowest BCUT2D eigenvalue weighted by Gasteiger charge is -2.14. The smallest absolute Gasteiger partial charge is 0.255 e. The van der Waals surface area contributed by atoms with Crippen molar-refractivity contribution >= 4 is 34.1 Å². The Morgan fingerprint density at radius 1 is 1.50 bits per heavy atom. The third kappa shape index (κ3) is 4.67. The van der Waals surface area contributed by atoms with Crippen molar-refractivity contribution in [2.24, 2.45) is 0 Å². The van der Waals surface area contributed by atoms with Crippen LogP contribution in [0.25, 0.3) is 0 Å². The second kappa shape index (κ2) is 8.43. The van der Waals surface area contributed by atoms with Crippen LogP contribution < -0.4 is 10.1 Å². The first kappa shape index (κ1) is 18.7. The van der Waals surface area contributed by atoms with Gasteiger partial charge in [0.15, 0.2) is 4.77 Å². The van der Waals surface area contributed by atoms with Crippen LogP contribution in [0.4, 0.5) is 0 Å². The van der Waals surface area contributed by atoms with Crippen LogP contribution in [0.5, 0.6) is 5.75 Å². The summed E-state index contributed by atoms with van der Waals surface area (Å²) in [6.45, 7) is 7.07. The van der Waals surface area contributed by atoms with E-state index in [2.05, 4.69) is 31.4 Å². The van der Waals surface area contributed by atoms with Gasteiger partial charge in [0, 0.05) is 24.0 Å². The second-order valence-electron chi connectivity index (χ2n) is 5.50. The maximum atomic E-state index is 12.4. The summed E-state index contributed by atoms with van der Waals surface area (Å²) >= 11 is 8.56. The number of rotatable bonds is 7. The molecule has 0 unspecified atom stereocenters. The van der Waals surface area contributed by atoms with Crippen molar-refractivity contribution in [2.45, 2.75) is 39.8 Å². The average molecular weight is 413 g/mol. The van der Waals surface area contributed by atoms with Crippen LogP contribution in [0.15, 0.2) is 22.7 Å². The monoisotopic (exact) mass is 412 g/mol. The number of aromatic nitrogens is 3. The summed E-state index contributed by atoms with van der Waals surface area (Å²) in [6, 6.07) is 5.38. The van der Waals surface area contributed by atoms with Crippen molar-refractivity contribution in [2.75, 3.05) is 6.54 Å². The van der Waals surface area contributed by atoms with Crippen molar-refractivity contribution in [3.63, 3.8) is 0 Å². The van der Waals surface area contributed by atoms with E-state index in [1.807, 2.05) is 31.4 Å². The quantitative estimate of drug-likeness (QED) is 0.682. The molecule has 6 nitrogen and oxygen atoms in total. The molecule has 0 aliphatic carbocycles. The summed E-state index contributed by atoms with van der Waals surface area (Å²) in [5.74, 6) is 1.22. The fourth-order valence-electron chi connectivity index (χ4n) is 2.29. The van der Waals surface area contributed by atoms with Gasteiger partial charge >= 0.3 is 0 Å². The lowest BCUT2D eigenvalue weighted by molar-refractivity contribution is 0.0948. The number of nitrogens with one attached hydrogen (secondary N) is 2. The maximum absolute atomic E-state index is 12.4. The van der Waals surface area contributed by atoms with Crippen LogP contribution in [-0.2, 0) is 13.0 Å². The van der Waals surface area contributed by atoms with Crippen molar-refractivity contribution in [3.05, 3.63) is 38.8 Å². The molecule has 0 saturated heterocycles. The highest BCUT2D eigenvalue weighted by atomic mass is 79.9. The van der Waals surface area contributed by atoms with E-state index < -0.39 is 0 Å². The summed E-state index contributed by atoms with van der Waals surface area (Å²) in [6.07, 6.45) is 0.591. The Kier molecular flexibility index (Phi) is 6.56. The zero-order valence-electron chi connectivity index (χ0n) is 13.9. The Hall–Kier alpha value is -1.67. The van der Waals surface area contributed by atoms with Crippen LogP contribution in [-0.4, -0.2) is 33.3 Å². The molecule has 24 heavy (non-hydrogen) atoms. The zero-order chi connectivity index (χ0) is 17.7. The molecule has 8 heteroatoms. The first-order chi connectivity index (χ1) is 11.4. The Labute approximate surface area is 154 Å². The molecule has 1 aromatic heterocycles. The fraction of sp³-hybridized carbons (Fsp3) is 0.438.